The van der Waals surface area contributed by atoms with Crippen molar-refractivity contribution in [2.45, 2.75) is 50.9 Å². The maximum Gasteiger partial charge on any atom is 0.406 e. The molecular weight excluding hydrogens is 385 g/mol. The average molecular weight is 401 g/mol. The van der Waals surface area contributed by atoms with Gasteiger partial charge in [0.2, 0.25) is 5.82 Å². The number of alkyl halides is 3. The van der Waals surface area contributed by atoms with Gasteiger partial charge in [-0.3, -0.25) is 0 Å². The molecule has 1 aliphatic rings. The van der Waals surface area contributed by atoms with Crippen LogP contribution in [-0.4, -0.2) is 21.8 Å². The zero-order valence-electron chi connectivity index (χ0n) is 12.8. The highest BCUT2D eigenvalue weighted by molar-refractivity contribution is 9.10. The van der Waals surface area contributed by atoms with Crippen molar-refractivity contribution in [1.82, 2.24) is 9.55 Å². The van der Waals surface area contributed by atoms with E-state index in [0.29, 0.717) is 21.5 Å². The number of rotatable bonds is 3. The van der Waals surface area contributed by atoms with Gasteiger partial charge in [-0.2, -0.15) is 18.4 Å². The third kappa shape index (κ3) is 3.51. The van der Waals surface area contributed by atoms with E-state index in [1.54, 1.807) is 18.2 Å². The monoisotopic (exact) mass is 400 g/mol. The third-order valence-corrected chi connectivity index (χ3v) is 5.05. The molecule has 0 saturated heterocycles. The highest BCUT2D eigenvalue weighted by Gasteiger charge is 2.31. The Morgan fingerprint density at radius 2 is 2.00 bits per heavy atom. The summed E-state index contributed by atoms with van der Waals surface area (Å²) < 4.78 is 40.1. The smallest absolute Gasteiger partial charge is 0.381 e. The van der Waals surface area contributed by atoms with E-state index < -0.39 is 12.7 Å². The van der Waals surface area contributed by atoms with Gasteiger partial charge in [-0.25, -0.2) is 4.98 Å². The first-order chi connectivity index (χ1) is 11.4. The fraction of sp³-hybridized carbons (Fsp3) is 0.500. The first-order valence-corrected chi connectivity index (χ1v) is 8.60. The van der Waals surface area contributed by atoms with Crippen molar-refractivity contribution in [3.05, 3.63) is 22.4 Å². The Kier molecular flexibility index (Phi) is 4.72. The quantitative estimate of drug-likeness (QED) is 0.790. The number of hydrogen-bond donors (Lipinski definition) is 1. The lowest BCUT2D eigenvalue weighted by Gasteiger charge is -2.24. The molecule has 0 radical (unpaired) electrons. The number of nitrogens with zero attached hydrogens (tertiary/aromatic N) is 3. The molecule has 1 aromatic carbocycles. The van der Waals surface area contributed by atoms with Crippen molar-refractivity contribution >= 4 is 32.7 Å². The minimum absolute atomic E-state index is 0.238. The minimum atomic E-state index is -4.43. The summed E-state index contributed by atoms with van der Waals surface area (Å²) in [6, 6.07) is 5.52. The second-order valence-electron chi connectivity index (χ2n) is 6.02. The highest BCUT2D eigenvalue weighted by atomic mass is 79.9. The molecule has 3 rings (SSSR count). The maximum absolute atomic E-state index is 12.9. The number of aromatic nitrogens is 2. The van der Waals surface area contributed by atoms with Crippen molar-refractivity contribution in [1.29, 1.82) is 5.26 Å². The minimum Gasteiger partial charge on any atom is -0.381 e. The van der Waals surface area contributed by atoms with E-state index in [4.69, 9.17) is 5.26 Å². The van der Waals surface area contributed by atoms with Crippen molar-refractivity contribution < 1.29 is 13.2 Å². The van der Waals surface area contributed by atoms with Crippen molar-refractivity contribution in [2.75, 3.05) is 5.32 Å². The Balaban J connectivity index is 2.03. The summed E-state index contributed by atoms with van der Waals surface area (Å²) in [4.78, 5) is 4.01. The van der Waals surface area contributed by atoms with Gasteiger partial charge in [-0.15, -0.1) is 0 Å². The molecule has 1 heterocycles. The molecule has 24 heavy (non-hydrogen) atoms. The standard InChI is InChI=1S/C16H16BrF3N4/c17-14-11(22-10-4-2-1-3-5-10)6-7-12-15(14)24(9-16(18,19)20)13(8-21)23-12/h6-7,10,22H,1-5,9H2. The Bertz CT molecular complexity index is 785. The van der Waals surface area contributed by atoms with Gasteiger partial charge in [0.25, 0.3) is 0 Å². The molecule has 0 bridgehead atoms. The number of fused-ring (bicyclic) bond motifs is 1. The molecule has 8 heteroatoms. The van der Waals surface area contributed by atoms with Crippen LogP contribution in [0.5, 0.6) is 0 Å². The second kappa shape index (κ2) is 6.63. The fourth-order valence-electron chi connectivity index (χ4n) is 3.18. The molecule has 0 atom stereocenters. The van der Waals surface area contributed by atoms with E-state index >= 15 is 0 Å². The zero-order chi connectivity index (χ0) is 17.3. The largest absolute Gasteiger partial charge is 0.406 e. The van der Waals surface area contributed by atoms with Crippen LogP contribution >= 0.6 is 15.9 Å². The summed E-state index contributed by atoms with van der Waals surface area (Å²) in [5, 5.41) is 12.5. The number of benzene rings is 1. The Morgan fingerprint density at radius 1 is 1.29 bits per heavy atom. The van der Waals surface area contributed by atoms with Gasteiger partial charge in [0.15, 0.2) is 0 Å². The summed E-state index contributed by atoms with van der Waals surface area (Å²) in [6.45, 7) is -1.24. The third-order valence-electron chi connectivity index (χ3n) is 4.25. The number of halogens is 4. The van der Waals surface area contributed by atoms with E-state index in [-0.39, 0.29) is 5.82 Å². The SMILES string of the molecule is N#Cc1nc2ccc(NC3CCCCC3)c(Br)c2n1CC(F)(F)F. The molecular formula is C16H16BrF3N4. The molecule has 128 valence electrons. The van der Waals surface area contributed by atoms with Crippen LogP contribution in [0.3, 0.4) is 0 Å². The topological polar surface area (TPSA) is 53.6 Å². The van der Waals surface area contributed by atoms with E-state index in [1.165, 1.54) is 6.42 Å². The Hall–Kier alpha value is -1.75. The van der Waals surface area contributed by atoms with Crippen LogP contribution in [0.15, 0.2) is 16.6 Å². The molecule has 0 spiro atoms. The summed E-state index contributed by atoms with van der Waals surface area (Å²) in [5.74, 6) is -0.238. The van der Waals surface area contributed by atoms with Gasteiger partial charge < -0.3 is 9.88 Å². The zero-order valence-corrected chi connectivity index (χ0v) is 14.4. The van der Waals surface area contributed by atoms with Crippen molar-refractivity contribution in [2.24, 2.45) is 0 Å². The van der Waals surface area contributed by atoms with Crippen LogP contribution in [0.1, 0.15) is 37.9 Å². The second-order valence-corrected chi connectivity index (χ2v) is 6.82. The predicted octanol–water partition coefficient (Wildman–Crippen LogP) is 4.98. The van der Waals surface area contributed by atoms with Gasteiger partial charge in [0, 0.05) is 6.04 Å². The molecule has 1 fully saturated rings. The number of hydrogen-bond acceptors (Lipinski definition) is 3. The summed E-state index contributed by atoms with van der Waals surface area (Å²) in [6.07, 6.45) is 1.21. The van der Waals surface area contributed by atoms with Gasteiger partial charge in [-0.05, 0) is 40.9 Å². The summed E-state index contributed by atoms with van der Waals surface area (Å²) >= 11 is 3.41. The molecule has 1 N–H and O–H groups in total. The Morgan fingerprint density at radius 3 is 2.62 bits per heavy atom. The van der Waals surface area contributed by atoms with Crippen LogP contribution in [0.2, 0.25) is 0 Å². The Labute approximate surface area is 145 Å². The number of anilines is 1. The van der Waals surface area contributed by atoms with Gasteiger partial charge in [0.1, 0.15) is 12.6 Å². The molecule has 0 unspecified atom stereocenters. The van der Waals surface area contributed by atoms with Crippen molar-refractivity contribution in [3.63, 3.8) is 0 Å². The van der Waals surface area contributed by atoms with Gasteiger partial charge in [-0.1, -0.05) is 19.3 Å². The summed E-state index contributed by atoms with van der Waals surface area (Å²) in [5.41, 5.74) is 1.41. The van der Waals surface area contributed by atoms with E-state index in [9.17, 15) is 13.2 Å². The summed E-state index contributed by atoms with van der Waals surface area (Å²) in [7, 11) is 0. The normalized spacial score (nSPS) is 16.3. The van der Waals surface area contributed by atoms with Gasteiger partial charge in [0.05, 0.1) is 21.2 Å². The molecule has 0 amide bonds. The van der Waals surface area contributed by atoms with Crippen LogP contribution in [0, 0.1) is 11.3 Å². The molecule has 0 aliphatic heterocycles. The predicted molar refractivity (Wildman–Crippen MR) is 88.7 cm³/mol. The molecule has 1 aromatic heterocycles. The van der Waals surface area contributed by atoms with Crippen LogP contribution in [-0.2, 0) is 6.54 Å². The maximum atomic E-state index is 12.9. The van der Waals surface area contributed by atoms with Crippen LogP contribution in [0.4, 0.5) is 18.9 Å². The number of imidazole rings is 1. The fourth-order valence-corrected chi connectivity index (χ4v) is 3.84. The molecule has 2 aromatic rings. The molecule has 1 saturated carbocycles. The van der Waals surface area contributed by atoms with E-state index in [1.807, 2.05) is 0 Å². The lowest BCUT2D eigenvalue weighted by Crippen LogP contribution is -2.22. The highest BCUT2D eigenvalue weighted by Crippen LogP contribution is 2.35. The number of nitriles is 1. The first-order valence-electron chi connectivity index (χ1n) is 7.81. The molecule has 4 nitrogen and oxygen atoms in total. The van der Waals surface area contributed by atoms with E-state index in [0.717, 1.165) is 35.9 Å². The average Bonchev–Trinajstić information content (AvgIpc) is 2.88. The van der Waals surface area contributed by atoms with E-state index in [2.05, 4.69) is 26.2 Å². The number of nitrogens with one attached hydrogen (secondary N) is 1. The molecule has 1 aliphatic carbocycles. The first kappa shape index (κ1) is 17.1. The lowest BCUT2D eigenvalue weighted by atomic mass is 9.95. The van der Waals surface area contributed by atoms with Crippen molar-refractivity contribution in [3.8, 4) is 6.07 Å². The lowest BCUT2D eigenvalue weighted by molar-refractivity contribution is -0.140. The van der Waals surface area contributed by atoms with Crippen LogP contribution < -0.4 is 5.32 Å². The van der Waals surface area contributed by atoms with Gasteiger partial charge >= 0.3 is 6.18 Å². The van der Waals surface area contributed by atoms with Crippen LogP contribution in [0.25, 0.3) is 11.0 Å².